The van der Waals surface area contributed by atoms with Crippen molar-refractivity contribution < 1.29 is 19.4 Å². The SMILES string of the molecule is CCOC(=O)CCc1ccc(C(=O)O)nc1C. The van der Waals surface area contributed by atoms with Crippen molar-refractivity contribution in [2.45, 2.75) is 26.7 Å². The molecule has 0 aliphatic rings. The molecule has 0 aliphatic carbocycles. The summed E-state index contributed by atoms with van der Waals surface area (Å²) in [5, 5.41) is 8.75. The van der Waals surface area contributed by atoms with Crippen LogP contribution in [0.1, 0.15) is 35.1 Å². The number of carbonyl (C=O) groups excluding carboxylic acids is 1. The van der Waals surface area contributed by atoms with E-state index in [1.54, 1.807) is 19.9 Å². The summed E-state index contributed by atoms with van der Waals surface area (Å²) in [6.07, 6.45) is 0.792. The molecule has 0 radical (unpaired) electrons. The largest absolute Gasteiger partial charge is 0.477 e. The normalized spacial score (nSPS) is 10.0. The maximum Gasteiger partial charge on any atom is 0.354 e. The molecule has 1 aromatic rings. The van der Waals surface area contributed by atoms with Crippen molar-refractivity contribution in [3.63, 3.8) is 0 Å². The second-order valence-electron chi connectivity index (χ2n) is 3.55. The van der Waals surface area contributed by atoms with Gasteiger partial charge in [0.15, 0.2) is 0 Å². The lowest BCUT2D eigenvalue weighted by molar-refractivity contribution is -0.143. The molecule has 0 spiro atoms. The second kappa shape index (κ2) is 5.98. The highest BCUT2D eigenvalue weighted by Crippen LogP contribution is 2.10. The van der Waals surface area contributed by atoms with Gasteiger partial charge in [0, 0.05) is 12.1 Å². The average molecular weight is 237 g/mol. The van der Waals surface area contributed by atoms with Gasteiger partial charge in [-0.3, -0.25) is 4.79 Å². The van der Waals surface area contributed by atoms with Crippen molar-refractivity contribution in [2.24, 2.45) is 0 Å². The van der Waals surface area contributed by atoms with Crippen LogP contribution >= 0.6 is 0 Å². The Morgan fingerprint density at radius 1 is 1.41 bits per heavy atom. The number of rotatable bonds is 5. The number of hydrogen-bond donors (Lipinski definition) is 1. The molecule has 0 saturated carbocycles. The predicted molar refractivity (Wildman–Crippen MR) is 60.9 cm³/mol. The summed E-state index contributed by atoms with van der Waals surface area (Å²) in [6, 6.07) is 3.13. The molecular weight excluding hydrogens is 222 g/mol. The first-order valence-corrected chi connectivity index (χ1v) is 5.40. The van der Waals surface area contributed by atoms with Gasteiger partial charge < -0.3 is 9.84 Å². The summed E-state index contributed by atoms with van der Waals surface area (Å²) in [4.78, 5) is 25.8. The highest BCUT2D eigenvalue weighted by Gasteiger charge is 2.09. The van der Waals surface area contributed by atoms with Crippen molar-refractivity contribution in [1.82, 2.24) is 4.98 Å². The van der Waals surface area contributed by atoms with Crippen LogP contribution < -0.4 is 0 Å². The van der Waals surface area contributed by atoms with E-state index in [-0.39, 0.29) is 18.1 Å². The van der Waals surface area contributed by atoms with Crippen LogP contribution in [0.2, 0.25) is 0 Å². The maximum atomic E-state index is 11.2. The quantitative estimate of drug-likeness (QED) is 0.787. The Morgan fingerprint density at radius 2 is 2.12 bits per heavy atom. The molecule has 0 unspecified atom stereocenters. The third kappa shape index (κ3) is 3.86. The van der Waals surface area contributed by atoms with Crippen LogP contribution in [-0.4, -0.2) is 28.6 Å². The molecule has 0 aliphatic heterocycles. The number of hydrogen-bond acceptors (Lipinski definition) is 4. The molecule has 17 heavy (non-hydrogen) atoms. The molecule has 0 amide bonds. The van der Waals surface area contributed by atoms with E-state index in [0.29, 0.717) is 18.7 Å². The third-order valence-electron chi connectivity index (χ3n) is 2.32. The first-order chi connectivity index (χ1) is 8.04. The summed E-state index contributed by atoms with van der Waals surface area (Å²) in [5.74, 6) is -1.31. The molecule has 5 nitrogen and oxygen atoms in total. The van der Waals surface area contributed by atoms with Crippen molar-refractivity contribution in [2.75, 3.05) is 6.61 Å². The van der Waals surface area contributed by atoms with Gasteiger partial charge in [0.05, 0.1) is 6.61 Å². The minimum Gasteiger partial charge on any atom is -0.477 e. The van der Waals surface area contributed by atoms with Crippen molar-refractivity contribution in [1.29, 1.82) is 0 Å². The van der Waals surface area contributed by atoms with E-state index in [1.165, 1.54) is 6.07 Å². The zero-order chi connectivity index (χ0) is 12.8. The smallest absolute Gasteiger partial charge is 0.354 e. The Hall–Kier alpha value is -1.91. The molecule has 0 atom stereocenters. The molecule has 1 aromatic heterocycles. The highest BCUT2D eigenvalue weighted by molar-refractivity contribution is 5.85. The van der Waals surface area contributed by atoms with Gasteiger partial charge in [-0.25, -0.2) is 9.78 Å². The minimum atomic E-state index is -1.05. The third-order valence-corrected chi connectivity index (χ3v) is 2.32. The average Bonchev–Trinajstić information content (AvgIpc) is 2.27. The van der Waals surface area contributed by atoms with E-state index in [4.69, 9.17) is 9.84 Å². The van der Waals surface area contributed by atoms with Crippen LogP contribution in [0.5, 0.6) is 0 Å². The fourth-order valence-electron chi connectivity index (χ4n) is 1.44. The number of aromatic carboxylic acids is 1. The van der Waals surface area contributed by atoms with Crippen molar-refractivity contribution >= 4 is 11.9 Å². The first kappa shape index (κ1) is 13.2. The number of nitrogens with zero attached hydrogens (tertiary/aromatic N) is 1. The number of carboxylic acid groups (broad SMARTS) is 1. The number of aryl methyl sites for hydroxylation is 2. The number of carbonyl (C=O) groups is 2. The van der Waals surface area contributed by atoms with Gasteiger partial charge in [0.1, 0.15) is 5.69 Å². The number of aromatic nitrogens is 1. The molecule has 0 saturated heterocycles. The Bertz CT molecular complexity index is 429. The van der Waals surface area contributed by atoms with E-state index in [1.807, 2.05) is 0 Å². The lowest BCUT2D eigenvalue weighted by Gasteiger charge is -2.05. The fourth-order valence-corrected chi connectivity index (χ4v) is 1.44. The van der Waals surface area contributed by atoms with Crippen LogP contribution in [0.25, 0.3) is 0 Å². The zero-order valence-electron chi connectivity index (χ0n) is 9.90. The van der Waals surface area contributed by atoms with Gasteiger partial charge in [-0.15, -0.1) is 0 Å². The number of ether oxygens (including phenoxy) is 1. The zero-order valence-corrected chi connectivity index (χ0v) is 9.90. The van der Waals surface area contributed by atoms with Gasteiger partial charge in [-0.1, -0.05) is 6.07 Å². The summed E-state index contributed by atoms with van der Waals surface area (Å²) in [5.41, 5.74) is 1.51. The molecule has 5 heteroatoms. The van der Waals surface area contributed by atoms with E-state index in [0.717, 1.165) is 5.56 Å². The summed E-state index contributed by atoms with van der Waals surface area (Å²) < 4.78 is 4.81. The standard InChI is InChI=1S/C12H15NO4/c1-3-17-11(14)7-5-9-4-6-10(12(15)16)13-8(9)2/h4,6H,3,5,7H2,1-2H3,(H,15,16). The number of carboxylic acids is 1. The molecule has 0 aromatic carbocycles. The van der Waals surface area contributed by atoms with E-state index >= 15 is 0 Å². The second-order valence-corrected chi connectivity index (χ2v) is 3.55. The minimum absolute atomic E-state index is 0.0161. The number of esters is 1. The fraction of sp³-hybridized carbons (Fsp3) is 0.417. The highest BCUT2D eigenvalue weighted by atomic mass is 16.5. The van der Waals surface area contributed by atoms with Crippen LogP contribution in [0.3, 0.4) is 0 Å². The Balaban J connectivity index is 2.66. The number of pyridine rings is 1. The van der Waals surface area contributed by atoms with Crippen molar-refractivity contribution in [3.05, 3.63) is 29.1 Å². The van der Waals surface area contributed by atoms with Crippen LogP contribution in [-0.2, 0) is 16.0 Å². The lowest BCUT2D eigenvalue weighted by Crippen LogP contribution is -2.07. The van der Waals surface area contributed by atoms with Crippen LogP contribution in [0, 0.1) is 6.92 Å². The Morgan fingerprint density at radius 3 is 2.65 bits per heavy atom. The molecular formula is C12H15NO4. The molecule has 1 N–H and O–H groups in total. The summed E-state index contributed by atoms with van der Waals surface area (Å²) in [7, 11) is 0. The topological polar surface area (TPSA) is 76.5 Å². The van der Waals surface area contributed by atoms with Gasteiger partial charge in [0.2, 0.25) is 0 Å². The van der Waals surface area contributed by atoms with Crippen LogP contribution in [0.15, 0.2) is 12.1 Å². The predicted octanol–water partition coefficient (Wildman–Crippen LogP) is 1.58. The Kier molecular flexibility index (Phi) is 4.63. The van der Waals surface area contributed by atoms with Gasteiger partial charge in [-0.05, 0) is 31.9 Å². The molecule has 92 valence electrons. The lowest BCUT2D eigenvalue weighted by atomic mass is 10.1. The summed E-state index contributed by atoms with van der Waals surface area (Å²) in [6.45, 7) is 3.85. The molecule has 1 rings (SSSR count). The van der Waals surface area contributed by atoms with Gasteiger partial charge in [-0.2, -0.15) is 0 Å². The molecule has 0 bridgehead atoms. The monoisotopic (exact) mass is 237 g/mol. The van der Waals surface area contributed by atoms with E-state index in [2.05, 4.69) is 4.98 Å². The first-order valence-electron chi connectivity index (χ1n) is 5.40. The van der Waals surface area contributed by atoms with Crippen molar-refractivity contribution in [3.8, 4) is 0 Å². The van der Waals surface area contributed by atoms with Gasteiger partial charge in [0.25, 0.3) is 0 Å². The van der Waals surface area contributed by atoms with E-state index < -0.39 is 5.97 Å². The Labute approximate surface area is 99.4 Å². The van der Waals surface area contributed by atoms with E-state index in [9.17, 15) is 9.59 Å². The maximum absolute atomic E-state index is 11.2. The van der Waals surface area contributed by atoms with Gasteiger partial charge >= 0.3 is 11.9 Å². The summed E-state index contributed by atoms with van der Waals surface area (Å²) >= 11 is 0. The molecule has 1 heterocycles. The molecule has 0 fully saturated rings. The van der Waals surface area contributed by atoms with Crippen LogP contribution in [0.4, 0.5) is 0 Å².